The minimum Gasteiger partial charge on any atom is -0.450 e. The predicted molar refractivity (Wildman–Crippen MR) is 144 cm³/mol. The molecule has 1 aliphatic rings. The average molecular weight is 580 g/mol. The van der Waals surface area contributed by atoms with E-state index in [-0.39, 0.29) is 49.6 Å². The van der Waals surface area contributed by atoms with Crippen LogP contribution in [0.2, 0.25) is 0 Å². The van der Waals surface area contributed by atoms with E-state index in [2.05, 4.69) is 15.1 Å². The summed E-state index contributed by atoms with van der Waals surface area (Å²) in [5.74, 6) is 5.01. The minimum absolute atomic E-state index is 0.0576. The highest BCUT2D eigenvalue weighted by molar-refractivity contribution is 7.94. The summed E-state index contributed by atoms with van der Waals surface area (Å²) in [5.41, 5.74) is 15.2. The van der Waals surface area contributed by atoms with Crippen LogP contribution in [-0.4, -0.2) is 68.6 Å². The maximum absolute atomic E-state index is 13.8. The average Bonchev–Trinajstić information content (AvgIpc) is 3.28. The number of aromatic amines is 1. The second-order valence-electron chi connectivity index (χ2n) is 8.74. The highest BCUT2D eigenvalue weighted by Crippen LogP contribution is 2.38. The number of carbonyl (C=O) groups excluding carboxylic acids is 1. The lowest BCUT2D eigenvalue weighted by molar-refractivity contribution is 0.100. The lowest BCUT2D eigenvalue weighted by Gasteiger charge is -2.31. The second kappa shape index (κ2) is 10.7. The zero-order valence-corrected chi connectivity index (χ0v) is 22.5. The van der Waals surface area contributed by atoms with Gasteiger partial charge in [0.25, 0.3) is 0 Å². The van der Waals surface area contributed by atoms with Crippen molar-refractivity contribution in [1.29, 1.82) is 0 Å². The Balaban J connectivity index is 1.92. The number of benzene rings is 2. The van der Waals surface area contributed by atoms with Crippen molar-refractivity contribution in [2.24, 2.45) is 21.8 Å². The van der Waals surface area contributed by atoms with Gasteiger partial charge in [0.1, 0.15) is 4.90 Å². The molecule has 1 aromatic heterocycles. The highest BCUT2D eigenvalue weighted by Gasteiger charge is 2.38. The molecule has 2 heterocycles. The Morgan fingerprint density at radius 3 is 2.49 bits per heavy atom. The smallest absolute Gasteiger partial charge is 0.409 e. The van der Waals surface area contributed by atoms with Crippen molar-refractivity contribution in [3.8, 4) is 11.1 Å². The van der Waals surface area contributed by atoms with Gasteiger partial charge in [0.05, 0.1) is 27.8 Å². The van der Waals surface area contributed by atoms with Crippen LogP contribution in [0.5, 0.6) is 0 Å². The summed E-state index contributed by atoms with van der Waals surface area (Å²) in [5, 5.41) is 8.33. The van der Waals surface area contributed by atoms with Crippen molar-refractivity contribution in [3.63, 3.8) is 0 Å². The van der Waals surface area contributed by atoms with Gasteiger partial charge in [-0.15, -0.1) is 5.10 Å². The van der Waals surface area contributed by atoms with Crippen LogP contribution in [0.1, 0.15) is 25.3 Å². The third-order valence-electron chi connectivity index (χ3n) is 6.38. The third kappa shape index (κ3) is 5.33. The number of amidine groups is 1. The van der Waals surface area contributed by atoms with Gasteiger partial charge in [0.15, 0.2) is 21.6 Å². The quantitative estimate of drug-likeness (QED) is 0.0935. The second-order valence-corrected chi connectivity index (χ2v) is 12.4. The number of rotatable bonds is 7. The van der Waals surface area contributed by atoms with Crippen molar-refractivity contribution in [2.75, 3.05) is 25.4 Å². The standard InChI is InChI=1S/C22H29N9O6S2/c1-2-37-22(32)31-10-8-12(9-11-31)38(33,34)16-7-6-13(14-4-3-5-15-18(14)28-21(24)27-15)17(20(23)29-30-25)19(16)39(26,35)36/h3-7,12,30H,2,8-11,25H2,1H3,(H2,23,29)(H3,24,27,28)(H2,26,35,36). The Morgan fingerprint density at radius 1 is 1.18 bits per heavy atom. The molecular formula is C22H29N9O6S2. The Morgan fingerprint density at radius 2 is 1.87 bits per heavy atom. The molecule has 4 rings (SSSR count). The van der Waals surface area contributed by atoms with Crippen LogP contribution in [-0.2, 0) is 24.6 Å². The number of sulfone groups is 1. The van der Waals surface area contributed by atoms with Crippen LogP contribution in [0.25, 0.3) is 22.2 Å². The number of nitrogens with two attached hydrogens (primary N) is 4. The number of anilines is 1. The number of amides is 1. The molecule has 10 N–H and O–H groups in total. The number of carbonyl (C=O) groups is 1. The number of hydrogen-bond acceptors (Lipinski definition) is 11. The lowest BCUT2D eigenvalue weighted by atomic mass is 9.97. The third-order valence-corrected chi connectivity index (χ3v) is 9.81. The Kier molecular flexibility index (Phi) is 7.69. The van der Waals surface area contributed by atoms with E-state index in [1.54, 1.807) is 25.1 Å². The summed E-state index contributed by atoms with van der Waals surface area (Å²) in [6.45, 7) is 2.08. The Labute approximate surface area is 224 Å². The van der Waals surface area contributed by atoms with Crippen LogP contribution in [0.4, 0.5) is 10.7 Å². The number of nitrogens with zero attached hydrogens (tertiary/aromatic N) is 3. The molecule has 17 heteroatoms. The van der Waals surface area contributed by atoms with Gasteiger partial charge in [-0.05, 0) is 37.5 Å². The van der Waals surface area contributed by atoms with Crippen LogP contribution in [0.15, 0.2) is 45.2 Å². The molecule has 0 spiro atoms. The number of hydrazine groups is 1. The molecule has 1 fully saturated rings. The van der Waals surface area contributed by atoms with Gasteiger partial charge in [0.2, 0.25) is 10.0 Å². The van der Waals surface area contributed by atoms with Crippen molar-refractivity contribution in [3.05, 3.63) is 35.9 Å². The van der Waals surface area contributed by atoms with Gasteiger partial charge in [0, 0.05) is 24.2 Å². The molecule has 1 saturated heterocycles. The number of piperidine rings is 1. The van der Waals surface area contributed by atoms with E-state index in [9.17, 15) is 21.6 Å². The van der Waals surface area contributed by atoms with Crippen molar-refractivity contribution in [1.82, 2.24) is 20.4 Å². The number of ether oxygens (including phenoxy) is 1. The number of primary sulfonamides is 1. The van der Waals surface area contributed by atoms with Gasteiger partial charge in [-0.1, -0.05) is 18.2 Å². The first-order valence-electron chi connectivity index (χ1n) is 11.8. The van der Waals surface area contributed by atoms with Gasteiger partial charge >= 0.3 is 6.09 Å². The van der Waals surface area contributed by atoms with Gasteiger partial charge in [-0.3, -0.25) is 0 Å². The molecule has 0 atom stereocenters. The molecule has 2 aromatic carbocycles. The van der Waals surface area contributed by atoms with Gasteiger partial charge < -0.3 is 26.1 Å². The number of fused-ring (bicyclic) bond motifs is 1. The summed E-state index contributed by atoms with van der Waals surface area (Å²) in [6, 6.07) is 7.60. The van der Waals surface area contributed by atoms with E-state index in [4.69, 9.17) is 27.2 Å². The first-order valence-corrected chi connectivity index (χ1v) is 14.9. The number of aromatic nitrogens is 2. The maximum Gasteiger partial charge on any atom is 0.409 e. The molecule has 0 saturated carbocycles. The maximum atomic E-state index is 13.8. The van der Waals surface area contributed by atoms with E-state index < -0.39 is 46.8 Å². The number of hydrogen-bond donors (Lipinski definition) is 6. The number of sulfonamides is 1. The molecule has 0 aliphatic carbocycles. The fourth-order valence-corrected chi connectivity index (χ4v) is 8.04. The number of hydrazone groups is 1. The lowest BCUT2D eigenvalue weighted by Crippen LogP contribution is -2.43. The fourth-order valence-electron chi connectivity index (χ4n) is 4.69. The predicted octanol–water partition coefficient (Wildman–Crippen LogP) is -0.0623. The van der Waals surface area contributed by atoms with Crippen LogP contribution >= 0.6 is 0 Å². The molecule has 3 aromatic rings. The van der Waals surface area contributed by atoms with E-state index in [1.165, 1.54) is 17.0 Å². The van der Waals surface area contributed by atoms with Crippen molar-refractivity contribution < 1.29 is 26.4 Å². The molecule has 0 radical (unpaired) electrons. The highest BCUT2D eigenvalue weighted by atomic mass is 32.2. The molecule has 15 nitrogen and oxygen atoms in total. The first kappa shape index (κ1) is 28.1. The molecule has 1 amide bonds. The van der Waals surface area contributed by atoms with Crippen molar-refractivity contribution >= 4 is 48.8 Å². The topological polar surface area (TPSA) is 255 Å². The first-order chi connectivity index (χ1) is 18.4. The fraction of sp³-hybridized carbons (Fsp3) is 0.318. The summed E-state index contributed by atoms with van der Waals surface area (Å²) in [6.07, 6.45) is -0.430. The number of nitrogens with one attached hydrogen (secondary N) is 2. The molecule has 39 heavy (non-hydrogen) atoms. The number of H-pyrrole nitrogens is 1. The minimum atomic E-state index is -4.71. The molecular weight excluding hydrogens is 550 g/mol. The Bertz CT molecular complexity index is 1660. The number of likely N-dealkylation sites (tertiary alicyclic amines) is 1. The zero-order chi connectivity index (χ0) is 28.5. The summed E-state index contributed by atoms with van der Waals surface area (Å²) >= 11 is 0. The van der Waals surface area contributed by atoms with E-state index >= 15 is 0 Å². The number of imidazole rings is 1. The van der Waals surface area contributed by atoms with Crippen LogP contribution in [0, 0.1) is 0 Å². The van der Waals surface area contributed by atoms with E-state index in [1.807, 2.05) is 5.53 Å². The van der Waals surface area contributed by atoms with Crippen molar-refractivity contribution in [2.45, 2.75) is 34.8 Å². The number of para-hydroxylation sites is 1. The largest absolute Gasteiger partial charge is 0.450 e. The SMILES string of the molecule is CCOC(=O)N1CCC(S(=O)(=O)c2ccc(-c3cccc4[nH]c(N)nc34)c(/C(N)=N/NN)c2S(N)(=O)=O)CC1. The van der Waals surface area contributed by atoms with Gasteiger partial charge in [-0.2, -0.15) is 0 Å². The van der Waals surface area contributed by atoms with E-state index in [0.717, 1.165) is 0 Å². The van der Waals surface area contributed by atoms with Crippen LogP contribution in [0.3, 0.4) is 0 Å². The molecule has 0 unspecified atom stereocenters. The monoisotopic (exact) mass is 579 g/mol. The number of nitrogen functional groups attached to an aromatic ring is 1. The van der Waals surface area contributed by atoms with Gasteiger partial charge in [-0.25, -0.2) is 43.1 Å². The normalized spacial score (nSPS) is 15.5. The Hall–Kier alpha value is -3.93. The summed E-state index contributed by atoms with van der Waals surface area (Å²) < 4.78 is 58.7. The van der Waals surface area contributed by atoms with Crippen LogP contribution < -0.4 is 28.0 Å². The molecule has 0 bridgehead atoms. The molecule has 1 aliphatic heterocycles. The zero-order valence-electron chi connectivity index (χ0n) is 20.9. The van der Waals surface area contributed by atoms with E-state index in [0.29, 0.717) is 16.6 Å². The summed E-state index contributed by atoms with van der Waals surface area (Å²) in [7, 11) is -8.99. The molecule has 210 valence electrons. The summed E-state index contributed by atoms with van der Waals surface area (Å²) in [4.78, 5) is 19.3.